The van der Waals surface area contributed by atoms with Crippen molar-refractivity contribution in [3.8, 4) is 11.4 Å². The number of rotatable bonds is 1. The number of pyridine rings is 1. The Morgan fingerprint density at radius 2 is 2.00 bits per heavy atom. The first-order valence-corrected chi connectivity index (χ1v) is 5.76. The highest BCUT2D eigenvalue weighted by Gasteiger charge is 2.09. The second kappa shape index (κ2) is 3.99. The Morgan fingerprint density at radius 1 is 1.17 bits per heavy atom. The lowest BCUT2D eigenvalue weighted by Crippen LogP contribution is -1.91. The van der Waals surface area contributed by atoms with Gasteiger partial charge < -0.3 is 0 Å². The molecule has 0 spiro atoms. The Morgan fingerprint density at radius 3 is 2.72 bits per heavy atom. The first-order chi connectivity index (χ1) is 8.63. The number of aryl methyl sites for hydroxylation is 1. The summed E-state index contributed by atoms with van der Waals surface area (Å²) in [6.45, 7) is 1.88. The van der Waals surface area contributed by atoms with Crippen LogP contribution in [0.5, 0.6) is 0 Å². The lowest BCUT2D eigenvalue weighted by Gasteiger charge is -2.05. The minimum absolute atomic E-state index is 0.302. The number of aromatic nitrogens is 4. The van der Waals surface area contributed by atoms with Crippen LogP contribution < -0.4 is 0 Å². The van der Waals surface area contributed by atoms with Gasteiger partial charge >= 0.3 is 0 Å². The van der Waals surface area contributed by atoms with Crippen molar-refractivity contribution >= 4 is 23.1 Å². The minimum atomic E-state index is -0.302. The number of aromatic amines is 2. The quantitative estimate of drug-likeness (QED) is 0.661. The van der Waals surface area contributed by atoms with Crippen molar-refractivity contribution in [3.63, 3.8) is 0 Å². The van der Waals surface area contributed by atoms with Crippen LogP contribution in [0.15, 0.2) is 24.3 Å². The average Bonchev–Trinajstić information content (AvgIpc) is 2.75. The van der Waals surface area contributed by atoms with Gasteiger partial charge in [0, 0.05) is 16.6 Å². The molecule has 0 aliphatic rings. The molecular weight excluding hydrogens is 251 g/mol. The Bertz CT molecular complexity index is 790. The van der Waals surface area contributed by atoms with E-state index < -0.39 is 0 Å². The highest BCUT2D eigenvalue weighted by Crippen LogP contribution is 2.26. The third kappa shape index (κ3) is 1.80. The predicted octanol–water partition coefficient (Wildman–Crippen LogP) is 3.13. The smallest absolute Gasteiger partial charge is 0.213 e. The van der Waals surface area contributed by atoms with Crippen LogP contribution in [0, 0.1) is 17.5 Å². The maximum atomic E-state index is 13.4. The third-order valence-corrected chi connectivity index (χ3v) is 2.85. The van der Waals surface area contributed by atoms with E-state index in [1.165, 1.54) is 12.1 Å². The first kappa shape index (κ1) is 11.0. The average molecular weight is 260 g/mol. The van der Waals surface area contributed by atoms with Gasteiger partial charge in [-0.1, -0.05) is 0 Å². The van der Waals surface area contributed by atoms with Crippen molar-refractivity contribution in [2.45, 2.75) is 6.92 Å². The number of hydrogen-bond acceptors (Lipinski definition) is 3. The Kier molecular flexibility index (Phi) is 2.45. The topological polar surface area (TPSA) is 57.4 Å². The molecule has 6 heteroatoms. The molecule has 0 unspecified atom stereocenters. The molecule has 2 aromatic heterocycles. The number of nitrogens with one attached hydrogen (secondary N) is 2. The molecule has 0 saturated carbocycles. The molecule has 0 fully saturated rings. The van der Waals surface area contributed by atoms with Gasteiger partial charge in [0.05, 0.1) is 5.52 Å². The molecule has 0 radical (unpaired) electrons. The van der Waals surface area contributed by atoms with E-state index in [0.29, 0.717) is 16.0 Å². The van der Waals surface area contributed by atoms with Gasteiger partial charge in [-0.05, 0) is 43.4 Å². The Balaban J connectivity index is 2.39. The van der Waals surface area contributed by atoms with Crippen LogP contribution >= 0.6 is 12.2 Å². The number of hydrogen-bond donors (Lipinski definition) is 2. The van der Waals surface area contributed by atoms with Crippen LogP contribution in [0.25, 0.3) is 22.3 Å². The largest absolute Gasteiger partial charge is 0.282 e. The monoisotopic (exact) mass is 260 g/mol. The molecule has 1 aromatic carbocycles. The third-order valence-electron chi connectivity index (χ3n) is 2.66. The van der Waals surface area contributed by atoms with Crippen molar-refractivity contribution < 1.29 is 4.39 Å². The molecule has 0 atom stereocenters. The summed E-state index contributed by atoms with van der Waals surface area (Å²) in [5.41, 5.74) is 2.35. The van der Waals surface area contributed by atoms with Crippen molar-refractivity contribution in [1.82, 2.24) is 20.2 Å². The van der Waals surface area contributed by atoms with Gasteiger partial charge in [0.2, 0.25) is 4.77 Å². The maximum Gasteiger partial charge on any atom is 0.213 e. The van der Waals surface area contributed by atoms with Gasteiger partial charge in [-0.3, -0.25) is 15.2 Å². The second-order valence-electron chi connectivity index (χ2n) is 3.99. The summed E-state index contributed by atoms with van der Waals surface area (Å²) in [6, 6.07) is 6.35. The Hall–Kier alpha value is -2.08. The molecule has 0 aliphatic carbocycles. The van der Waals surface area contributed by atoms with Crippen LogP contribution in [-0.4, -0.2) is 20.2 Å². The fourth-order valence-corrected chi connectivity index (χ4v) is 2.07. The predicted molar refractivity (Wildman–Crippen MR) is 69.2 cm³/mol. The van der Waals surface area contributed by atoms with Crippen molar-refractivity contribution in [1.29, 1.82) is 0 Å². The molecule has 3 aromatic rings. The van der Waals surface area contributed by atoms with E-state index >= 15 is 0 Å². The van der Waals surface area contributed by atoms with E-state index in [0.717, 1.165) is 16.8 Å². The van der Waals surface area contributed by atoms with Gasteiger partial charge in [0.1, 0.15) is 5.82 Å². The fourth-order valence-electron chi connectivity index (χ4n) is 1.92. The Labute approximate surface area is 107 Å². The van der Waals surface area contributed by atoms with Gasteiger partial charge in [0.15, 0.2) is 5.82 Å². The van der Waals surface area contributed by atoms with Crippen LogP contribution in [0.1, 0.15) is 5.69 Å². The summed E-state index contributed by atoms with van der Waals surface area (Å²) in [5, 5.41) is 6.31. The van der Waals surface area contributed by atoms with Crippen LogP contribution in [0.2, 0.25) is 0 Å². The summed E-state index contributed by atoms with van der Waals surface area (Å²) in [6.07, 6.45) is 0. The van der Waals surface area contributed by atoms with Crippen LogP contribution in [0.3, 0.4) is 0 Å². The van der Waals surface area contributed by atoms with E-state index in [1.54, 1.807) is 6.07 Å². The van der Waals surface area contributed by atoms with Crippen molar-refractivity contribution in [2.24, 2.45) is 0 Å². The van der Waals surface area contributed by atoms with Crippen LogP contribution in [0.4, 0.5) is 4.39 Å². The lowest BCUT2D eigenvalue weighted by molar-refractivity contribution is 0.629. The first-order valence-electron chi connectivity index (χ1n) is 5.35. The molecule has 2 heterocycles. The molecule has 4 nitrogen and oxygen atoms in total. The zero-order valence-electron chi connectivity index (χ0n) is 9.49. The normalized spacial score (nSPS) is 11.0. The summed E-state index contributed by atoms with van der Waals surface area (Å²) < 4.78 is 13.7. The summed E-state index contributed by atoms with van der Waals surface area (Å²) in [7, 11) is 0. The highest BCUT2D eigenvalue weighted by atomic mass is 32.1. The van der Waals surface area contributed by atoms with Crippen molar-refractivity contribution in [2.75, 3.05) is 0 Å². The number of benzene rings is 1. The molecule has 0 saturated heterocycles. The van der Waals surface area contributed by atoms with E-state index in [4.69, 9.17) is 12.2 Å². The lowest BCUT2D eigenvalue weighted by atomic mass is 10.1. The van der Waals surface area contributed by atoms with E-state index in [9.17, 15) is 4.39 Å². The van der Waals surface area contributed by atoms with Crippen molar-refractivity contribution in [3.05, 3.63) is 40.5 Å². The van der Waals surface area contributed by atoms with Gasteiger partial charge in [-0.2, -0.15) is 4.98 Å². The standard InChI is InChI=1S/C12H9FN4S/c1-6-4-9(11-15-12(18)17-16-11)8-5-7(13)2-3-10(8)14-6/h2-5H,1H3,(H2,15,16,17,18). The zero-order chi connectivity index (χ0) is 12.7. The second-order valence-corrected chi connectivity index (χ2v) is 4.37. The molecule has 3 rings (SSSR count). The molecule has 90 valence electrons. The maximum absolute atomic E-state index is 13.4. The zero-order valence-corrected chi connectivity index (χ0v) is 10.3. The SMILES string of the molecule is Cc1cc(-c2nc(=S)[nH][nH]2)c2cc(F)ccc2n1. The van der Waals surface area contributed by atoms with E-state index in [-0.39, 0.29) is 5.82 Å². The molecule has 18 heavy (non-hydrogen) atoms. The summed E-state index contributed by atoms with van der Waals surface area (Å²) in [4.78, 5) is 8.52. The van der Waals surface area contributed by atoms with Gasteiger partial charge in [-0.15, -0.1) is 0 Å². The van der Waals surface area contributed by atoms with E-state index in [1.807, 2.05) is 13.0 Å². The molecule has 0 bridgehead atoms. The van der Waals surface area contributed by atoms with E-state index in [2.05, 4.69) is 20.2 Å². The summed E-state index contributed by atoms with van der Waals surface area (Å²) >= 11 is 4.93. The molecule has 0 amide bonds. The van der Waals surface area contributed by atoms with Crippen LogP contribution in [-0.2, 0) is 0 Å². The highest BCUT2D eigenvalue weighted by molar-refractivity contribution is 7.71. The van der Waals surface area contributed by atoms with Gasteiger partial charge in [-0.25, -0.2) is 4.39 Å². The van der Waals surface area contributed by atoms with Gasteiger partial charge in [0.25, 0.3) is 0 Å². The number of nitrogens with zero attached hydrogens (tertiary/aromatic N) is 2. The summed E-state index contributed by atoms with van der Waals surface area (Å²) in [5.74, 6) is 0.282. The number of H-pyrrole nitrogens is 2. The molecule has 2 N–H and O–H groups in total. The fraction of sp³-hybridized carbons (Fsp3) is 0.0833. The number of fused-ring (bicyclic) bond motifs is 1. The number of halogens is 1. The molecular formula is C12H9FN4S. The minimum Gasteiger partial charge on any atom is -0.282 e. The molecule has 0 aliphatic heterocycles.